The van der Waals surface area contributed by atoms with Crippen molar-refractivity contribution in [3.8, 4) is 0 Å². The maximum absolute atomic E-state index is 12.7. The zero-order valence-corrected chi connectivity index (χ0v) is 16.6. The van der Waals surface area contributed by atoms with Gasteiger partial charge >= 0.3 is 5.97 Å². The van der Waals surface area contributed by atoms with Crippen molar-refractivity contribution >= 4 is 23.7 Å². The van der Waals surface area contributed by atoms with Crippen molar-refractivity contribution in [3.63, 3.8) is 0 Å². The Morgan fingerprint density at radius 2 is 1.72 bits per heavy atom. The van der Waals surface area contributed by atoms with Gasteiger partial charge in [-0.3, -0.25) is 24.3 Å². The van der Waals surface area contributed by atoms with E-state index < -0.39 is 23.3 Å². The molecule has 2 heterocycles. The van der Waals surface area contributed by atoms with Gasteiger partial charge in [-0.2, -0.15) is 0 Å². The summed E-state index contributed by atoms with van der Waals surface area (Å²) in [5.41, 5.74) is 0.900. The maximum atomic E-state index is 12.7. The molecule has 0 saturated heterocycles. The number of benzene rings is 1. The van der Waals surface area contributed by atoms with E-state index in [-0.39, 0.29) is 29.1 Å². The van der Waals surface area contributed by atoms with Crippen LogP contribution in [0.25, 0.3) is 0 Å². The number of hydrogen-bond acceptors (Lipinski definition) is 6. The van der Waals surface area contributed by atoms with Crippen molar-refractivity contribution < 1.29 is 23.9 Å². The van der Waals surface area contributed by atoms with Gasteiger partial charge in [0.15, 0.2) is 0 Å². The Balaban J connectivity index is 1.76. The molecule has 0 radical (unpaired) electrons. The molecule has 1 aromatic heterocycles. The summed E-state index contributed by atoms with van der Waals surface area (Å²) < 4.78 is 4.66. The number of esters is 1. The van der Waals surface area contributed by atoms with Crippen molar-refractivity contribution in [2.24, 2.45) is 0 Å². The SMILES string of the molecule is COC(=O)c1ccnc(CNC(=O)c2ccc3c(c2)C(=O)N(C(C)(C)C)C3=O)c1. The molecule has 8 heteroatoms. The Morgan fingerprint density at radius 3 is 2.38 bits per heavy atom. The zero-order valence-electron chi connectivity index (χ0n) is 16.6. The van der Waals surface area contributed by atoms with Crippen LogP contribution in [0.2, 0.25) is 0 Å². The van der Waals surface area contributed by atoms with Crippen LogP contribution in [0.1, 0.15) is 67.9 Å². The average molecular weight is 395 g/mol. The van der Waals surface area contributed by atoms with Crippen LogP contribution in [0, 0.1) is 0 Å². The highest BCUT2D eigenvalue weighted by atomic mass is 16.5. The summed E-state index contributed by atoms with van der Waals surface area (Å²) in [4.78, 5) is 54.6. The lowest BCUT2D eigenvalue weighted by atomic mass is 10.1. The molecule has 8 nitrogen and oxygen atoms in total. The van der Waals surface area contributed by atoms with Crippen LogP contribution in [-0.4, -0.2) is 46.2 Å². The van der Waals surface area contributed by atoms with E-state index in [4.69, 9.17) is 0 Å². The Hall–Kier alpha value is -3.55. The number of pyridine rings is 1. The number of carbonyl (C=O) groups excluding carboxylic acids is 4. The first kappa shape index (κ1) is 20.2. The van der Waals surface area contributed by atoms with E-state index in [9.17, 15) is 19.2 Å². The van der Waals surface area contributed by atoms with Gasteiger partial charge < -0.3 is 10.1 Å². The highest BCUT2D eigenvalue weighted by Crippen LogP contribution is 2.29. The van der Waals surface area contributed by atoms with Crippen LogP contribution in [0.3, 0.4) is 0 Å². The normalized spacial score (nSPS) is 13.3. The average Bonchev–Trinajstić information content (AvgIpc) is 2.95. The number of nitrogens with zero attached hydrogens (tertiary/aromatic N) is 2. The van der Waals surface area contributed by atoms with E-state index in [1.54, 1.807) is 20.8 Å². The molecule has 0 atom stereocenters. The van der Waals surface area contributed by atoms with Crippen LogP contribution in [0.4, 0.5) is 0 Å². The molecule has 0 bridgehead atoms. The summed E-state index contributed by atoms with van der Waals surface area (Å²) in [5.74, 6) is -1.70. The van der Waals surface area contributed by atoms with E-state index in [0.29, 0.717) is 11.3 Å². The van der Waals surface area contributed by atoms with Crippen molar-refractivity contribution in [2.45, 2.75) is 32.9 Å². The molecule has 29 heavy (non-hydrogen) atoms. The third kappa shape index (κ3) is 3.87. The van der Waals surface area contributed by atoms with Gasteiger partial charge in [0.1, 0.15) is 0 Å². The second-order valence-electron chi connectivity index (χ2n) is 7.59. The summed E-state index contributed by atoms with van der Waals surface area (Å²) in [6.45, 7) is 5.41. The van der Waals surface area contributed by atoms with Crippen LogP contribution in [0.5, 0.6) is 0 Å². The summed E-state index contributed by atoms with van der Waals surface area (Å²) in [6.07, 6.45) is 1.45. The largest absolute Gasteiger partial charge is 0.465 e. The molecule has 0 unspecified atom stereocenters. The number of fused-ring (bicyclic) bond motifs is 1. The van der Waals surface area contributed by atoms with Gasteiger partial charge in [-0.05, 0) is 51.1 Å². The molecular formula is C21H21N3O5. The Bertz CT molecular complexity index is 1020. The summed E-state index contributed by atoms with van der Waals surface area (Å²) in [5, 5.41) is 2.69. The molecule has 1 N–H and O–H groups in total. The fraction of sp³-hybridized carbons (Fsp3) is 0.286. The Labute approximate surface area is 167 Å². The lowest BCUT2D eigenvalue weighted by Gasteiger charge is -2.29. The number of rotatable bonds is 4. The number of amides is 3. The molecule has 1 aliphatic heterocycles. The van der Waals surface area contributed by atoms with Crippen molar-refractivity contribution in [3.05, 3.63) is 64.5 Å². The fourth-order valence-electron chi connectivity index (χ4n) is 3.08. The predicted octanol–water partition coefficient (Wildman–Crippen LogP) is 2.19. The van der Waals surface area contributed by atoms with Gasteiger partial charge in [0, 0.05) is 17.3 Å². The van der Waals surface area contributed by atoms with Crippen molar-refractivity contribution in [1.29, 1.82) is 0 Å². The number of carbonyl (C=O) groups is 4. The first-order chi connectivity index (χ1) is 13.6. The van der Waals surface area contributed by atoms with Crippen molar-refractivity contribution in [2.75, 3.05) is 7.11 Å². The summed E-state index contributed by atoms with van der Waals surface area (Å²) >= 11 is 0. The van der Waals surface area contributed by atoms with Gasteiger partial charge in [0.05, 0.1) is 36.0 Å². The first-order valence-corrected chi connectivity index (χ1v) is 8.98. The van der Waals surface area contributed by atoms with E-state index >= 15 is 0 Å². The number of aromatic nitrogens is 1. The minimum atomic E-state index is -0.661. The molecule has 3 rings (SSSR count). The molecule has 0 fully saturated rings. The molecule has 1 aliphatic rings. The lowest BCUT2D eigenvalue weighted by Crippen LogP contribution is -2.45. The standard InChI is InChI=1S/C21H21N3O5/c1-21(2,3)24-18(26)15-6-5-12(10-16(15)19(24)27)17(25)23-11-14-9-13(7-8-22-14)20(28)29-4/h5-10H,11H2,1-4H3,(H,23,25). The second-order valence-corrected chi connectivity index (χ2v) is 7.59. The smallest absolute Gasteiger partial charge is 0.337 e. The van der Waals surface area contributed by atoms with Gasteiger partial charge in [-0.15, -0.1) is 0 Å². The monoisotopic (exact) mass is 395 g/mol. The summed E-state index contributed by atoms with van der Waals surface area (Å²) in [6, 6.07) is 7.46. The van der Waals surface area contributed by atoms with Crippen LogP contribution >= 0.6 is 0 Å². The van der Waals surface area contributed by atoms with Crippen molar-refractivity contribution in [1.82, 2.24) is 15.2 Å². The number of nitrogens with one attached hydrogen (secondary N) is 1. The van der Waals surface area contributed by atoms with E-state index in [2.05, 4.69) is 15.0 Å². The van der Waals surface area contributed by atoms with E-state index in [0.717, 1.165) is 0 Å². The quantitative estimate of drug-likeness (QED) is 0.628. The molecular weight excluding hydrogens is 374 g/mol. The Morgan fingerprint density at radius 1 is 1.03 bits per heavy atom. The third-order valence-electron chi connectivity index (χ3n) is 4.49. The van der Waals surface area contributed by atoms with Crippen LogP contribution in [-0.2, 0) is 11.3 Å². The highest BCUT2D eigenvalue weighted by Gasteiger charge is 2.42. The van der Waals surface area contributed by atoms with E-state index in [1.165, 1.54) is 48.5 Å². The molecule has 2 aromatic rings. The van der Waals surface area contributed by atoms with Gasteiger partial charge in [-0.25, -0.2) is 4.79 Å². The zero-order chi connectivity index (χ0) is 21.3. The lowest BCUT2D eigenvalue weighted by molar-refractivity contribution is 0.0506. The Kier molecular flexibility index (Phi) is 5.19. The summed E-state index contributed by atoms with van der Waals surface area (Å²) in [7, 11) is 1.28. The second kappa shape index (κ2) is 7.46. The third-order valence-corrected chi connectivity index (χ3v) is 4.49. The van der Waals surface area contributed by atoms with Crippen LogP contribution in [0.15, 0.2) is 36.5 Å². The highest BCUT2D eigenvalue weighted by molar-refractivity contribution is 6.22. The molecule has 3 amide bonds. The van der Waals surface area contributed by atoms with Crippen LogP contribution < -0.4 is 5.32 Å². The predicted molar refractivity (Wildman–Crippen MR) is 103 cm³/mol. The van der Waals surface area contributed by atoms with Gasteiger partial charge in [-0.1, -0.05) is 0 Å². The molecule has 0 spiro atoms. The topological polar surface area (TPSA) is 106 Å². The molecule has 0 aliphatic carbocycles. The minimum Gasteiger partial charge on any atom is -0.465 e. The first-order valence-electron chi connectivity index (χ1n) is 8.98. The fourth-order valence-corrected chi connectivity index (χ4v) is 3.08. The minimum absolute atomic E-state index is 0.0851. The molecule has 1 aromatic carbocycles. The number of methoxy groups -OCH3 is 1. The number of ether oxygens (including phenoxy) is 1. The molecule has 150 valence electrons. The molecule has 0 saturated carbocycles. The van der Waals surface area contributed by atoms with Gasteiger partial charge in [0.25, 0.3) is 17.7 Å². The van der Waals surface area contributed by atoms with E-state index in [1.807, 2.05) is 0 Å². The maximum Gasteiger partial charge on any atom is 0.337 e. The number of hydrogen-bond donors (Lipinski definition) is 1. The number of imide groups is 1. The van der Waals surface area contributed by atoms with Gasteiger partial charge in [0.2, 0.25) is 0 Å².